The summed E-state index contributed by atoms with van der Waals surface area (Å²) in [5.74, 6) is 0.535. The van der Waals surface area contributed by atoms with Crippen molar-refractivity contribution >= 4 is 17.5 Å². The number of hydrogen-bond acceptors (Lipinski definition) is 3. The molecule has 0 saturated carbocycles. The zero-order valence-electron chi connectivity index (χ0n) is 17.5. The van der Waals surface area contributed by atoms with Crippen molar-refractivity contribution in [3.8, 4) is 11.3 Å². The number of carbonyl (C=O) groups excluding carboxylic acids is 1. The van der Waals surface area contributed by atoms with Crippen LogP contribution < -0.4 is 0 Å². The van der Waals surface area contributed by atoms with Gasteiger partial charge in [0.15, 0.2) is 5.76 Å². The summed E-state index contributed by atoms with van der Waals surface area (Å²) in [7, 11) is 0. The lowest BCUT2D eigenvalue weighted by Gasteiger charge is -2.22. The summed E-state index contributed by atoms with van der Waals surface area (Å²) in [5.41, 5.74) is 5.56. The number of rotatable bonds is 6. The van der Waals surface area contributed by atoms with Gasteiger partial charge in [-0.05, 0) is 48.7 Å². The standard InChI is InChI=1S/C26H23ClN2O2/c1-18-12-13-21(14-19(18)2)25-15-22(28-31-25)17-29(16-20-8-4-3-5-9-20)26(30)23-10-6-7-11-24(23)27/h3-15H,16-17H2,1-2H3. The molecule has 0 unspecified atom stereocenters. The first-order chi connectivity index (χ1) is 15.0. The fourth-order valence-electron chi connectivity index (χ4n) is 3.42. The monoisotopic (exact) mass is 430 g/mol. The molecule has 0 fully saturated rings. The third kappa shape index (κ3) is 4.86. The maximum Gasteiger partial charge on any atom is 0.256 e. The summed E-state index contributed by atoms with van der Waals surface area (Å²) in [6.07, 6.45) is 0. The Hall–Kier alpha value is -3.37. The lowest BCUT2D eigenvalue weighted by atomic mass is 10.0. The Morgan fingerprint density at radius 2 is 1.65 bits per heavy atom. The second-order valence-corrected chi connectivity index (χ2v) is 8.02. The second kappa shape index (κ2) is 9.19. The number of hydrogen-bond donors (Lipinski definition) is 0. The summed E-state index contributed by atoms with van der Waals surface area (Å²) < 4.78 is 5.59. The van der Waals surface area contributed by atoms with Crippen molar-refractivity contribution < 1.29 is 9.32 Å². The molecular formula is C26H23ClN2O2. The van der Waals surface area contributed by atoms with Gasteiger partial charge in [-0.1, -0.05) is 71.4 Å². The number of aromatic nitrogens is 1. The van der Waals surface area contributed by atoms with Gasteiger partial charge in [0.05, 0.1) is 17.1 Å². The molecule has 0 saturated heterocycles. The Labute approximate surface area is 187 Å². The molecule has 4 nitrogen and oxygen atoms in total. The van der Waals surface area contributed by atoms with E-state index in [1.54, 1.807) is 17.0 Å². The minimum Gasteiger partial charge on any atom is -0.356 e. The van der Waals surface area contributed by atoms with E-state index in [0.29, 0.717) is 35.1 Å². The van der Waals surface area contributed by atoms with Gasteiger partial charge < -0.3 is 9.42 Å². The molecule has 1 heterocycles. The lowest BCUT2D eigenvalue weighted by Crippen LogP contribution is -2.30. The normalized spacial score (nSPS) is 10.8. The first kappa shape index (κ1) is 20.9. The SMILES string of the molecule is Cc1ccc(-c2cc(CN(Cc3ccccc3)C(=O)c3ccccc3Cl)no2)cc1C. The van der Waals surface area contributed by atoms with Gasteiger partial charge in [0.25, 0.3) is 5.91 Å². The van der Waals surface area contributed by atoms with E-state index in [1.807, 2.05) is 54.6 Å². The van der Waals surface area contributed by atoms with Crippen molar-refractivity contribution in [2.24, 2.45) is 0 Å². The number of amides is 1. The van der Waals surface area contributed by atoms with Crippen molar-refractivity contribution in [1.29, 1.82) is 0 Å². The zero-order chi connectivity index (χ0) is 21.8. The molecule has 0 bridgehead atoms. The van der Waals surface area contributed by atoms with Crippen LogP contribution in [0.1, 0.15) is 32.7 Å². The molecule has 4 aromatic rings. The summed E-state index contributed by atoms with van der Waals surface area (Å²) in [5, 5.41) is 4.65. The second-order valence-electron chi connectivity index (χ2n) is 7.61. The van der Waals surface area contributed by atoms with E-state index in [2.05, 4.69) is 31.1 Å². The molecule has 5 heteroatoms. The molecule has 0 aliphatic heterocycles. The Kier molecular flexibility index (Phi) is 6.19. The Morgan fingerprint density at radius 1 is 0.903 bits per heavy atom. The van der Waals surface area contributed by atoms with Crippen LogP contribution in [-0.4, -0.2) is 16.0 Å². The topological polar surface area (TPSA) is 46.3 Å². The number of halogens is 1. The Balaban J connectivity index is 1.61. The van der Waals surface area contributed by atoms with Gasteiger partial charge in [0.2, 0.25) is 0 Å². The highest BCUT2D eigenvalue weighted by molar-refractivity contribution is 6.33. The van der Waals surface area contributed by atoms with Crippen LogP contribution in [0.25, 0.3) is 11.3 Å². The smallest absolute Gasteiger partial charge is 0.256 e. The molecule has 0 radical (unpaired) electrons. The number of benzene rings is 3. The molecule has 0 aliphatic rings. The quantitative estimate of drug-likeness (QED) is 0.353. The van der Waals surface area contributed by atoms with Crippen LogP contribution in [0.4, 0.5) is 0 Å². The van der Waals surface area contributed by atoms with Gasteiger partial charge in [0, 0.05) is 18.2 Å². The molecule has 156 valence electrons. The third-order valence-corrected chi connectivity index (χ3v) is 5.64. The molecule has 31 heavy (non-hydrogen) atoms. The molecule has 1 amide bonds. The van der Waals surface area contributed by atoms with E-state index in [1.165, 1.54) is 11.1 Å². The van der Waals surface area contributed by atoms with Gasteiger partial charge in [-0.3, -0.25) is 4.79 Å². The maximum atomic E-state index is 13.3. The van der Waals surface area contributed by atoms with Gasteiger partial charge in [-0.2, -0.15) is 0 Å². The van der Waals surface area contributed by atoms with Crippen LogP contribution in [0.5, 0.6) is 0 Å². The molecule has 3 aromatic carbocycles. The molecule has 0 aliphatic carbocycles. The van der Waals surface area contributed by atoms with Crippen LogP contribution in [0, 0.1) is 13.8 Å². The van der Waals surface area contributed by atoms with Gasteiger partial charge in [-0.25, -0.2) is 0 Å². The molecule has 1 aromatic heterocycles. The van der Waals surface area contributed by atoms with Crippen molar-refractivity contribution in [2.45, 2.75) is 26.9 Å². The molecular weight excluding hydrogens is 408 g/mol. The van der Waals surface area contributed by atoms with E-state index in [9.17, 15) is 4.79 Å². The van der Waals surface area contributed by atoms with E-state index in [4.69, 9.17) is 16.1 Å². The fourth-order valence-corrected chi connectivity index (χ4v) is 3.64. The summed E-state index contributed by atoms with van der Waals surface area (Å²) in [4.78, 5) is 15.1. The molecule has 0 atom stereocenters. The van der Waals surface area contributed by atoms with E-state index < -0.39 is 0 Å². The summed E-state index contributed by atoms with van der Waals surface area (Å²) >= 11 is 6.30. The minimum absolute atomic E-state index is 0.148. The molecule has 0 N–H and O–H groups in total. The highest BCUT2D eigenvalue weighted by Crippen LogP contribution is 2.25. The summed E-state index contributed by atoms with van der Waals surface area (Å²) in [6, 6.07) is 25.0. The van der Waals surface area contributed by atoms with Crippen LogP contribution in [0.15, 0.2) is 83.4 Å². The van der Waals surface area contributed by atoms with E-state index in [-0.39, 0.29) is 5.91 Å². The highest BCUT2D eigenvalue weighted by atomic mass is 35.5. The average molecular weight is 431 g/mol. The predicted molar refractivity (Wildman–Crippen MR) is 123 cm³/mol. The largest absolute Gasteiger partial charge is 0.356 e. The van der Waals surface area contributed by atoms with Gasteiger partial charge in [0.1, 0.15) is 5.69 Å². The van der Waals surface area contributed by atoms with Crippen LogP contribution in [-0.2, 0) is 13.1 Å². The van der Waals surface area contributed by atoms with Crippen molar-refractivity contribution in [2.75, 3.05) is 0 Å². The first-order valence-electron chi connectivity index (χ1n) is 10.1. The number of nitrogens with zero attached hydrogens (tertiary/aromatic N) is 2. The highest BCUT2D eigenvalue weighted by Gasteiger charge is 2.21. The Bertz CT molecular complexity index is 1200. The van der Waals surface area contributed by atoms with Crippen molar-refractivity contribution in [1.82, 2.24) is 10.1 Å². The zero-order valence-corrected chi connectivity index (χ0v) is 18.3. The molecule has 4 rings (SSSR count). The van der Waals surface area contributed by atoms with E-state index in [0.717, 1.165) is 11.1 Å². The van der Waals surface area contributed by atoms with Crippen molar-refractivity contribution in [3.63, 3.8) is 0 Å². The fraction of sp³-hybridized carbons (Fsp3) is 0.154. The third-order valence-electron chi connectivity index (χ3n) is 5.31. The van der Waals surface area contributed by atoms with E-state index >= 15 is 0 Å². The maximum absolute atomic E-state index is 13.3. The first-order valence-corrected chi connectivity index (χ1v) is 10.5. The van der Waals surface area contributed by atoms with Gasteiger partial charge >= 0.3 is 0 Å². The minimum atomic E-state index is -0.148. The van der Waals surface area contributed by atoms with Crippen molar-refractivity contribution in [3.05, 3.63) is 112 Å². The lowest BCUT2D eigenvalue weighted by molar-refractivity contribution is 0.0726. The predicted octanol–water partition coefficient (Wildman–Crippen LogP) is 6.45. The number of aryl methyl sites for hydroxylation is 2. The Morgan fingerprint density at radius 3 is 2.39 bits per heavy atom. The average Bonchev–Trinajstić information content (AvgIpc) is 3.24. The summed E-state index contributed by atoms with van der Waals surface area (Å²) in [6.45, 7) is 4.90. The van der Waals surface area contributed by atoms with Crippen LogP contribution >= 0.6 is 11.6 Å². The number of carbonyl (C=O) groups is 1. The van der Waals surface area contributed by atoms with Crippen LogP contribution in [0.2, 0.25) is 5.02 Å². The van der Waals surface area contributed by atoms with Crippen LogP contribution in [0.3, 0.4) is 0 Å². The molecule has 0 spiro atoms. The van der Waals surface area contributed by atoms with Gasteiger partial charge in [-0.15, -0.1) is 0 Å².